The minimum Gasteiger partial charge on any atom is -0.480 e. The van der Waals surface area contributed by atoms with Gasteiger partial charge in [-0.25, -0.2) is 0 Å². The van der Waals surface area contributed by atoms with Crippen molar-refractivity contribution in [3.63, 3.8) is 0 Å². The average Bonchev–Trinajstić information content (AvgIpc) is 2.22. The van der Waals surface area contributed by atoms with E-state index < -0.39 is 5.97 Å². The van der Waals surface area contributed by atoms with E-state index in [1.807, 2.05) is 32.8 Å². The largest absolute Gasteiger partial charge is 0.480 e. The molecule has 0 heterocycles. The topological polar surface area (TPSA) is 60.9 Å². The minimum absolute atomic E-state index is 0.0592. The molecule has 1 unspecified atom stereocenters. The molecule has 0 bridgehead atoms. The molecule has 0 saturated heterocycles. The fourth-order valence-electron chi connectivity index (χ4n) is 1.62. The molecule has 1 amide bonds. The Morgan fingerprint density at radius 2 is 1.82 bits per heavy atom. The van der Waals surface area contributed by atoms with Crippen molar-refractivity contribution in [2.45, 2.75) is 26.7 Å². The summed E-state index contributed by atoms with van der Waals surface area (Å²) in [5, 5.41) is 8.80. The van der Waals surface area contributed by atoms with Crippen molar-refractivity contribution < 1.29 is 14.7 Å². The van der Waals surface area contributed by atoms with Crippen LogP contribution in [0.1, 0.15) is 26.7 Å². The quantitative estimate of drug-likeness (QED) is 0.689. The maximum absolute atomic E-state index is 12.0. The Balaban J connectivity index is 4.43. The van der Waals surface area contributed by atoms with Gasteiger partial charge >= 0.3 is 5.97 Å². The van der Waals surface area contributed by atoms with Gasteiger partial charge in [-0.1, -0.05) is 20.3 Å². The van der Waals surface area contributed by atoms with Gasteiger partial charge in [-0.05, 0) is 20.5 Å². The highest BCUT2D eigenvalue weighted by Gasteiger charge is 2.21. The van der Waals surface area contributed by atoms with Crippen molar-refractivity contribution in [3.8, 4) is 0 Å². The van der Waals surface area contributed by atoms with Crippen LogP contribution < -0.4 is 0 Å². The van der Waals surface area contributed by atoms with Crippen molar-refractivity contribution >= 4 is 11.9 Å². The highest BCUT2D eigenvalue weighted by Crippen LogP contribution is 2.09. The lowest BCUT2D eigenvalue weighted by atomic mass is 10.0. The molecule has 100 valence electrons. The van der Waals surface area contributed by atoms with E-state index >= 15 is 0 Å². The summed E-state index contributed by atoms with van der Waals surface area (Å²) in [5.41, 5.74) is 0. The summed E-state index contributed by atoms with van der Waals surface area (Å²) in [4.78, 5) is 26.1. The zero-order chi connectivity index (χ0) is 13.4. The van der Waals surface area contributed by atoms with Gasteiger partial charge in [0.05, 0.1) is 0 Å². The van der Waals surface area contributed by atoms with E-state index in [9.17, 15) is 9.59 Å². The van der Waals surface area contributed by atoms with Gasteiger partial charge in [-0.3, -0.25) is 9.59 Å². The molecule has 5 nitrogen and oxygen atoms in total. The summed E-state index contributed by atoms with van der Waals surface area (Å²) in [7, 11) is 3.80. The number of likely N-dealkylation sites (N-methyl/N-ethyl adjacent to an activating group) is 1. The van der Waals surface area contributed by atoms with Gasteiger partial charge < -0.3 is 14.9 Å². The lowest BCUT2D eigenvalue weighted by Crippen LogP contribution is -2.42. The molecule has 5 heteroatoms. The molecule has 1 atom stereocenters. The third kappa shape index (κ3) is 6.94. The number of nitrogens with zero attached hydrogens (tertiary/aromatic N) is 2. The Morgan fingerprint density at radius 1 is 1.24 bits per heavy atom. The van der Waals surface area contributed by atoms with E-state index in [2.05, 4.69) is 0 Å². The molecule has 0 aromatic carbocycles. The molecule has 0 radical (unpaired) electrons. The molecule has 0 aromatic heterocycles. The predicted octanol–water partition coefficient (Wildman–Crippen LogP) is 0.897. The van der Waals surface area contributed by atoms with E-state index in [-0.39, 0.29) is 18.4 Å². The molecule has 0 aromatic rings. The van der Waals surface area contributed by atoms with Crippen molar-refractivity contribution in [3.05, 3.63) is 0 Å². The summed E-state index contributed by atoms with van der Waals surface area (Å²) in [6.45, 7) is 4.81. The van der Waals surface area contributed by atoms with Crippen LogP contribution in [0.3, 0.4) is 0 Å². The summed E-state index contributed by atoms with van der Waals surface area (Å²) in [6.07, 6.45) is 1.73. The van der Waals surface area contributed by atoms with E-state index in [1.165, 1.54) is 4.90 Å². The van der Waals surface area contributed by atoms with Crippen molar-refractivity contribution in [2.75, 3.05) is 33.7 Å². The normalized spacial score (nSPS) is 12.5. The van der Waals surface area contributed by atoms with Gasteiger partial charge in [-0.2, -0.15) is 0 Å². The van der Waals surface area contributed by atoms with E-state index in [4.69, 9.17) is 5.11 Å². The Labute approximate surface area is 103 Å². The molecular weight excluding hydrogens is 220 g/mol. The van der Waals surface area contributed by atoms with Crippen LogP contribution in [0.5, 0.6) is 0 Å². The van der Waals surface area contributed by atoms with Gasteiger partial charge in [0.25, 0.3) is 0 Å². The Morgan fingerprint density at radius 3 is 2.24 bits per heavy atom. The standard InChI is InChI=1S/C12H24N2O3/c1-5-6-10(2)12(17)14(9-11(15)16)8-7-13(3)4/h10H,5-9H2,1-4H3,(H,15,16). The second-order valence-corrected chi connectivity index (χ2v) is 4.65. The molecule has 1 N–H and O–H groups in total. The smallest absolute Gasteiger partial charge is 0.323 e. The van der Waals surface area contributed by atoms with Gasteiger partial charge in [0.2, 0.25) is 5.91 Å². The number of amides is 1. The molecule has 0 aliphatic rings. The number of hydrogen-bond donors (Lipinski definition) is 1. The zero-order valence-corrected chi connectivity index (χ0v) is 11.3. The van der Waals surface area contributed by atoms with Gasteiger partial charge in [0.1, 0.15) is 6.54 Å². The van der Waals surface area contributed by atoms with Crippen LogP contribution >= 0.6 is 0 Å². The van der Waals surface area contributed by atoms with Crippen LogP contribution in [0, 0.1) is 5.92 Å². The maximum atomic E-state index is 12.0. The van der Waals surface area contributed by atoms with Crippen LogP contribution in [0.15, 0.2) is 0 Å². The monoisotopic (exact) mass is 244 g/mol. The molecule has 0 fully saturated rings. The summed E-state index contributed by atoms with van der Waals surface area (Å²) < 4.78 is 0. The number of carboxylic acid groups (broad SMARTS) is 1. The average molecular weight is 244 g/mol. The van der Waals surface area contributed by atoms with Gasteiger partial charge in [0, 0.05) is 19.0 Å². The first-order valence-corrected chi connectivity index (χ1v) is 6.03. The minimum atomic E-state index is -0.958. The summed E-state index contributed by atoms with van der Waals surface area (Å²) in [6, 6.07) is 0. The highest BCUT2D eigenvalue weighted by atomic mass is 16.4. The van der Waals surface area contributed by atoms with Crippen LogP contribution in [0.25, 0.3) is 0 Å². The SMILES string of the molecule is CCCC(C)C(=O)N(CCN(C)C)CC(=O)O. The predicted molar refractivity (Wildman–Crippen MR) is 66.8 cm³/mol. The Hall–Kier alpha value is -1.10. The highest BCUT2D eigenvalue weighted by molar-refractivity contribution is 5.82. The molecule has 0 aliphatic heterocycles. The molecule has 0 rings (SSSR count). The van der Waals surface area contributed by atoms with E-state index in [0.29, 0.717) is 13.1 Å². The van der Waals surface area contributed by atoms with Crippen molar-refractivity contribution in [2.24, 2.45) is 5.92 Å². The fraction of sp³-hybridized carbons (Fsp3) is 0.833. The van der Waals surface area contributed by atoms with Crippen LogP contribution in [-0.4, -0.2) is 60.5 Å². The first-order valence-electron chi connectivity index (χ1n) is 6.03. The molecule has 0 aliphatic carbocycles. The fourth-order valence-corrected chi connectivity index (χ4v) is 1.62. The second-order valence-electron chi connectivity index (χ2n) is 4.65. The van der Waals surface area contributed by atoms with E-state index in [0.717, 1.165) is 12.8 Å². The van der Waals surface area contributed by atoms with Crippen LogP contribution in [0.2, 0.25) is 0 Å². The van der Waals surface area contributed by atoms with Crippen molar-refractivity contribution in [1.82, 2.24) is 9.80 Å². The number of aliphatic carboxylic acids is 1. The molecule has 17 heavy (non-hydrogen) atoms. The summed E-state index contributed by atoms with van der Waals surface area (Å²) in [5.74, 6) is -1.11. The Bertz CT molecular complexity index is 254. The molecular formula is C12H24N2O3. The van der Waals surface area contributed by atoms with Gasteiger partial charge in [0.15, 0.2) is 0 Å². The number of carbonyl (C=O) groups is 2. The zero-order valence-electron chi connectivity index (χ0n) is 11.3. The number of rotatable bonds is 8. The number of carbonyl (C=O) groups excluding carboxylic acids is 1. The molecule has 0 spiro atoms. The van der Waals surface area contributed by atoms with Crippen molar-refractivity contribution in [1.29, 1.82) is 0 Å². The second kappa shape index (κ2) is 8.06. The Kier molecular flexibility index (Phi) is 7.54. The van der Waals surface area contributed by atoms with Crippen LogP contribution in [0.4, 0.5) is 0 Å². The van der Waals surface area contributed by atoms with Gasteiger partial charge in [-0.15, -0.1) is 0 Å². The number of hydrogen-bond acceptors (Lipinski definition) is 3. The first kappa shape index (κ1) is 15.9. The lowest BCUT2D eigenvalue weighted by Gasteiger charge is -2.25. The first-order chi connectivity index (χ1) is 7.88. The lowest BCUT2D eigenvalue weighted by molar-refractivity contribution is -0.146. The van der Waals surface area contributed by atoms with Crippen LogP contribution in [-0.2, 0) is 9.59 Å². The molecule has 0 saturated carbocycles. The maximum Gasteiger partial charge on any atom is 0.323 e. The number of carboxylic acids is 1. The summed E-state index contributed by atoms with van der Waals surface area (Å²) >= 11 is 0. The third-order valence-electron chi connectivity index (χ3n) is 2.60. The third-order valence-corrected chi connectivity index (χ3v) is 2.60. The van der Waals surface area contributed by atoms with E-state index in [1.54, 1.807) is 0 Å².